The minimum absolute atomic E-state index is 0.0696. The van der Waals surface area contributed by atoms with Crippen LogP contribution in [0.15, 0.2) is 36.4 Å². The molecule has 0 bridgehead atoms. The van der Waals surface area contributed by atoms with E-state index >= 15 is 0 Å². The summed E-state index contributed by atoms with van der Waals surface area (Å²) >= 11 is 8.11. The van der Waals surface area contributed by atoms with Gasteiger partial charge < -0.3 is 4.74 Å². The number of halogens is 3. The largest absolute Gasteiger partial charge is 0.435 e. The van der Waals surface area contributed by atoms with E-state index in [1.54, 1.807) is 23.5 Å². The van der Waals surface area contributed by atoms with Crippen molar-refractivity contribution in [2.75, 3.05) is 0 Å². The van der Waals surface area contributed by atoms with Crippen molar-refractivity contribution in [3.05, 3.63) is 51.7 Å². The molecule has 1 atom stereocenters. The standard InChI is InChI=1S/C16H17ClF2OS/c1-16(2,3)13-8-7-12(21-13)14(17)10-5-4-6-11(9-10)20-15(18)19/h4-9,14-15H,1-3H3. The van der Waals surface area contributed by atoms with Crippen LogP contribution in [0.3, 0.4) is 0 Å². The third-order valence-electron chi connectivity index (χ3n) is 2.99. The molecule has 0 saturated carbocycles. The van der Waals surface area contributed by atoms with Crippen LogP contribution >= 0.6 is 22.9 Å². The molecule has 0 saturated heterocycles. The van der Waals surface area contributed by atoms with Crippen molar-refractivity contribution in [1.82, 2.24) is 0 Å². The molecule has 2 rings (SSSR count). The zero-order chi connectivity index (χ0) is 15.6. The Labute approximate surface area is 132 Å². The monoisotopic (exact) mass is 330 g/mol. The fraction of sp³-hybridized carbons (Fsp3) is 0.375. The Morgan fingerprint density at radius 3 is 2.43 bits per heavy atom. The van der Waals surface area contributed by atoms with E-state index < -0.39 is 6.61 Å². The molecule has 1 aromatic heterocycles. The Kier molecular flexibility index (Phi) is 4.89. The molecule has 0 aliphatic rings. The first-order valence-corrected chi connectivity index (χ1v) is 7.82. The summed E-state index contributed by atoms with van der Waals surface area (Å²) in [4.78, 5) is 2.24. The highest BCUT2D eigenvalue weighted by Crippen LogP contribution is 2.38. The summed E-state index contributed by atoms with van der Waals surface area (Å²) in [6.45, 7) is 3.60. The normalized spacial score (nSPS) is 13.5. The molecule has 0 spiro atoms. The first-order chi connectivity index (χ1) is 9.77. The molecule has 0 aliphatic heterocycles. The molecule has 1 unspecified atom stereocenters. The van der Waals surface area contributed by atoms with Gasteiger partial charge in [0.05, 0.1) is 5.38 Å². The Morgan fingerprint density at radius 1 is 1.14 bits per heavy atom. The maximum Gasteiger partial charge on any atom is 0.387 e. The van der Waals surface area contributed by atoms with E-state index in [-0.39, 0.29) is 16.5 Å². The number of benzene rings is 1. The minimum Gasteiger partial charge on any atom is -0.435 e. The average Bonchev–Trinajstić information content (AvgIpc) is 2.86. The zero-order valence-electron chi connectivity index (χ0n) is 12.1. The average molecular weight is 331 g/mol. The van der Waals surface area contributed by atoms with Crippen LogP contribution in [-0.2, 0) is 5.41 Å². The van der Waals surface area contributed by atoms with Crippen molar-refractivity contribution < 1.29 is 13.5 Å². The van der Waals surface area contributed by atoms with Crippen molar-refractivity contribution in [2.45, 2.75) is 38.2 Å². The van der Waals surface area contributed by atoms with Crippen LogP contribution in [0.5, 0.6) is 5.75 Å². The van der Waals surface area contributed by atoms with Gasteiger partial charge >= 0.3 is 6.61 Å². The summed E-state index contributed by atoms with van der Waals surface area (Å²) in [5, 5.41) is -0.368. The second kappa shape index (κ2) is 6.32. The van der Waals surface area contributed by atoms with E-state index in [4.69, 9.17) is 11.6 Å². The number of ether oxygens (including phenoxy) is 1. The number of rotatable bonds is 4. The molecule has 1 aromatic carbocycles. The maximum absolute atomic E-state index is 12.3. The Morgan fingerprint density at radius 2 is 1.86 bits per heavy atom. The number of hydrogen-bond donors (Lipinski definition) is 0. The predicted octanol–water partition coefficient (Wildman–Crippen LogP) is 5.98. The van der Waals surface area contributed by atoms with Gasteiger partial charge in [0.2, 0.25) is 0 Å². The smallest absolute Gasteiger partial charge is 0.387 e. The third kappa shape index (κ3) is 4.17. The number of alkyl halides is 3. The summed E-state index contributed by atoms with van der Waals surface area (Å²) in [5.74, 6) is 0.126. The molecular formula is C16H17ClF2OS. The summed E-state index contributed by atoms with van der Waals surface area (Å²) in [6, 6.07) is 10.6. The van der Waals surface area contributed by atoms with E-state index in [1.807, 2.05) is 12.1 Å². The first kappa shape index (κ1) is 16.2. The molecule has 5 heteroatoms. The second-order valence-electron chi connectivity index (χ2n) is 5.77. The Bertz CT molecular complexity index is 604. The summed E-state index contributed by atoms with van der Waals surface area (Å²) in [5.41, 5.74) is 0.817. The lowest BCUT2D eigenvalue weighted by Gasteiger charge is -2.16. The second-order valence-corrected chi connectivity index (χ2v) is 7.32. The molecule has 114 valence electrons. The topological polar surface area (TPSA) is 9.23 Å². The van der Waals surface area contributed by atoms with Gasteiger partial charge in [-0.05, 0) is 35.2 Å². The van der Waals surface area contributed by atoms with Gasteiger partial charge in [-0.2, -0.15) is 8.78 Å². The van der Waals surface area contributed by atoms with E-state index in [0.29, 0.717) is 0 Å². The van der Waals surface area contributed by atoms with Crippen LogP contribution in [0.1, 0.15) is 41.5 Å². The Balaban J connectivity index is 2.23. The van der Waals surface area contributed by atoms with Crippen molar-refractivity contribution in [2.24, 2.45) is 0 Å². The fourth-order valence-electron chi connectivity index (χ4n) is 1.90. The van der Waals surface area contributed by atoms with E-state index in [9.17, 15) is 8.78 Å². The molecule has 21 heavy (non-hydrogen) atoms. The number of hydrogen-bond acceptors (Lipinski definition) is 2. The van der Waals surface area contributed by atoms with Gasteiger partial charge in [-0.25, -0.2) is 0 Å². The molecule has 0 radical (unpaired) electrons. The first-order valence-electron chi connectivity index (χ1n) is 6.56. The quantitative estimate of drug-likeness (QED) is 0.627. The maximum atomic E-state index is 12.3. The lowest BCUT2D eigenvalue weighted by molar-refractivity contribution is -0.0498. The van der Waals surface area contributed by atoms with Crippen LogP contribution in [0.2, 0.25) is 0 Å². The van der Waals surface area contributed by atoms with E-state index in [1.165, 1.54) is 10.9 Å². The van der Waals surface area contributed by atoms with Gasteiger partial charge in [0, 0.05) is 9.75 Å². The summed E-state index contributed by atoms with van der Waals surface area (Å²) in [7, 11) is 0. The summed E-state index contributed by atoms with van der Waals surface area (Å²) in [6.07, 6.45) is 0. The van der Waals surface area contributed by atoms with Crippen LogP contribution in [-0.4, -0.2) is 6.61 Å². The molecule has 0 aliphatic carbocycles. The zero-order valence-corrected chi connectivity index (χ0v) is 13.6. The molecule has 0 amide bonds. The molecule has 1 heterocycles. The third-order valence-corrected chi connectivity index (χ3v) is 5.18. The van der Waals surface area contributed by atoms with Crippen molar-refractivity contribution >= 4 is 22.9 Å². The van der Waals surface area contributed by atoms with Crippen LogP contribution in [0, 0.1) is 0 Å². The predicted molar refractivity (Wildman–Crippen MR) is 83.8 cm³/mol. The molecule has 0 N–H and O–H groups in total. The fourth-order valence-corrected chi connectivity index (χ4v) is 3.32. The van der Waals surface area contributed by atoms with Crippen molar-refractivity contribution in [3.8, 4) is 5.75 Å². The van der Waals surface area contributed by atoms with Gasteiger partial charge in [-0.3, -0.25) is 0 Å². The molecular weight excluding hydrogens is 314 g/mol. The van der Waals surface area contributed by atoms with Crippen molar-refractivity contribution in [3.63, 3.8) is 0 Å². The van der Waals surface area contributed by atoms with Crippen LogP contribution in [0.25, 0.3) is 0 Å². The Hall–Kier alpha value is -1.13. The molecule has 1 nitrogen and oxygen atoms in total. The molecule has 2 aromatic rings. The molecule has 0 fully saturated rings. The van der Waals surface area contributed by atoms with Gasteiger partial charge in [-0.1, -0.05) is 32.9 Å². The van der Waals surface area contributed by atoms with E-state index in [0.717, 1.165) is 10.4 Å². The SMILES string of the molecule is CC(C)(C)c1ccc(C(Cl)c2cccc(OC(F)F)c2)s1. The lowest BCUT2D eigenvalue weighted by Crippen LogP contribution is -2.07. The highest BCUT2D eigenvalue weighted by Gasteiger charge is 2.20. The van der Waals surface area contributed by atoms with Gasteiger partial charge in [0.15, 0.2) is 0 Å². The van der Waals surface area contributed by atoms with Gasteiger partial charge in [0.25, 0.3) is 0 Å². The van der Waals surface area contributed by atoms with Gasteiger partial charge in [0.1, 0.15) is 5.75 Å². The van der Waals surface area contributed by atoms with Crippen molar-refractivity contribution in [1.29, 1.82) is 0 Å². The van der Waals surface area contributed by atoms with E-state index in [2.05, 4.69) is 31.6 Å². The minimum atomic E-state index is -2.83. The summed E-state index contributed by atoms with van der Waals surface area (Å²) < 4.78 is 28.9. The number of thiophene rings is 1. The van der Waals surface area contributed by atoms with Crippen LogP contribution < -0.4 is 4.74 Å². The van der Waals surface area contributed by atoms with Crippen LogP contribution in [0.4, 0.5) is 8.78 Å². The highest BCUT2D eigenvalue weighted by atomic mass is 35.5. The van der Waals surface area contributed by atoms with Gasteiger partial charge in [-0.15, -0.1) is 22.9 Å². The highest BCUT2D eigenvalue weighted by molar-refractivity contribution is 7.12. The lowest BCUT2D eigenvalue weighted by atomic mass is 9.95.